The van der Waals surface area contributed by atoms with Crippen LogP contribution in [0.15, 0.2) is 0 Å². The molecule has 1 rings (SSSR count). The standard InChI is InChI=1S/C13H26N2O/c1-5-12(16)15-8-6-7-14(9-10-15)11-13(2,3)4/h5-11H2,1-4H3. The lowest BCUT2D eigenvalue weighted by atomic mass is 9.96. The first kappa shape index (κ1) is 13.5. The number of amides is 1. The van der Waals surface area contributed by atoms with E-state index in [0.29, 0.717) is 17.7 Å². The van der Waals surface area contributed by atoms with E-state index in [2.05, 4.69) is 25.7 Å². The maximum absolute atomic E-state index is 11.6. The van der Waals surface area contributed by atoms with Gasteiger partial charge in [0.15, 0.2) is 0 Å². The number of nitrogens with zero attached hydrogens (tertiary/aromatic N) is 2. The summed E-state index contributed by atoms with van der Waals surface area (Å²) in [5.74, 6) is 0.303. The summed E-state index contributed by atoms with van der Waals surface area (Å²) in [5, 5.41) is 0. The lowest BCUT2D eigenvalue weighted by Crippen LogP contribution is -2.37. The zero-order valence-corrected chi connectivity index (χ0v) is 11.3. The van der Waals surface area contributed by atoms with Crippen LogP contribution in [0.5, 0.6) is 0 Å². The SMILES string of the molecule is CCC(=O)N1CCCN(CC(C)(C)C)CC1. The van der Waals surface area contributed by atoms with Gasteiger partial charge in [0.1, 0.15) is 0 Å². The molecule has 1 aliphatic rings. The highest BCUT2D eigenvalue weighted by Gasteiger charge is 2.21. The van der Waals surface area contributed by atoms with Crippen LogP contribution in [0, 0.1) is 5.41 Å². The Bertz CT molecular complexity index is 233. The minimum atomic E-state index is 0.303. The first-order chi connectivity index (χ1) is 7.42. The number of carbonyl (C=O) groups excluding carboxylic acids is 1. The molecular formula is C13H26N2O. The molecule has 1 heterocycles. The van der Waals surface area contributed by atoms with Gasteiger partial charge in [-0.3, -0.25) is 4.79 Å². The lowest BCUT2D eigenvalue weighted by molar-refractivity contribution is -0.130. The molecule has 3 nitrogen and oxygen atoms in total. The van der Waals surface area contributed by atoms with Crippen molar-refractivity contribution in [3.63, 3.8) is 0 Å². The number of hydrogen-bond acceptors (Lipinski definition) is 2. The van der Waals surface area contributed by atoms with Crippen molar-refractivity contribution in [1.29, 1.82) is 0 Å². The molecule has 0 atom stereocenters. The third kappa shape index (κ3) is 4.52. The predicted molar refractivity (Wildman–Crippen MR) is 67.4 cm³/mol. The fourth-order valence-corrected chi connectivity index (χ4v) is 2.27. The Balaban J connectivity index is 2.43. The van der Waals surface area contributed by atoms with Gasteiger partial charge in [-0.1, -0.05) is 27.7 Å². The van der Waals surface area contributed by atoms with E-state index in [1.54, 1.807) is 0 Å². The van der Waals surface area contributed by atoms with Gasteiger partial charge in [-0.15, -0.1) is 0 Å². The Kier molecular flexibility index (Phi) is 4.78. The maximum atomic E-state index is 11.6. The van der Waals surface area contributed by atoms with Crippen molar-refractivity contribution in [3.05, 3.63) is 0 Å². The molecule has 0 bridgehead atoms. The van der Waals surface area contributed by atoms with Gasteiger partial charge in [-0.05, 0) is 18.4 Å². The van der Waals surface area contributed by atoms with Crippen molar-refractivity contribution in [2.45, 2.75) is 40.5 Å². The predicted octanol–water partition coefficient (Wildman–Crippen LogP) is 1.98. The van der Waals surface area contributed by atoms with Gasteiger partial charge in [0.05, 0.1) is 0 Å². The number of hydrogen-bond donors (Lipinski definition) is 0. The van der Waals surface area contributed by atoms with Gasteiger partial charge in [0.25, 0.3) is 0 Å². The van der Waals surface area contributed by atoms with E-state index in [1.807, 2.05) is 11.8 Å². The van der Waals surface area contributed by atoms with Gasteiger partial charge in [-0.2, -0.15) is 0 Å². The monoisotopic (exact) mass is 226 g/mol. The van der Waals surface area contributed by atoms with Crippen molar-refractivity contribution in [2.75, 3.05) is 32.7 Å². The van der Waals surface area contributed by atoms with Gasteiger partial charge < -0.3 is 9.80 Å². The van der Waals surface area contributed by atoms with E-state index in [1.165, 1.54) is 0 Å². The Morgan fingerprint density at radius 3 is 2.38 bits per heavy atom. The normalized spacial score (nSPS) is 19.6. The second kappa shape index (κ2) is 5.67. The topological polar surface area (TPSA) is 23.6 Å². The molecular weight excluding hydrogens is 200 g/mol. The molecule has 0 radical (unpaired) electrons. The molecule has 0 aromatic carbocycles. The molecule has 3 heteroatoms. The minimum Gasteiger partial charge on any atom is -0.341 e. The number of rotatable bonds is 2. The van der Waals surface area contributed by atoms with Crippen molar-refractivity contribution in [3.8, 4) is 0 Å². The summed E-state index contributed by atoms with van der Waals surface area (Å²) >= 11 is 0. The van der Waals surface area contributed by atoms with Crippen LogP contribution in [0.3, 0.4) is 0 Å². The fraction of sp³-hybridized carbons (Fsp3) is 0.923. The number of carbonyl (C=O) groups is 1. The largest absolute Gasteiger partial charge is 0.341 e. The van der Waals surface area contributed by atoms with Crippen LogP contribution in [0.4, 0.5) is 0 Å². The molecule has 1 fully saturated rings. The highest BCUT2D eigenvalue weighted by Crippen LogP contribution is 2.16. The van der Waals surface area contributed by atoms with Crippen LogP contribution in [-0.4, -0.2) is 48.4 Å². The molecule has 94 valence electrons. The van der Waals surface area contributed by atoms with E-state index in [0.717, 1.165) is 39.1 Å². The van der Waals surface area contributed by atoms with Crippen molar-refractivity contribution >= 4 is 5.91 Å². The molecule has 0 saturated carbocycles. The van der Waals surface area contributed by atoms with Crippen LogP contribution >= 0.6 is 0 Å². The third-order valence-corrected chi connectivity index (χ3v) is 2.94. The van der Waals surface area contributed by atoms with Crippen LogP contribution < -0.4 is 0 Å². The van der Waals surface area contributed by atoms with E-state index < -0.39 is 0 Å². The van der Waals surface area contributed by atoms with Gasteiger partial charge in [0, 0.05) is 32.6 Å². The van der Waals surface area contributed by atoms with Crippen molar-refractivity contribution < 1.29 is 4.79 Å². The Hall–Kier alpha value is -0.570. The zero-order chi connectivity index (χ0) is 12.2. The Labute approximate surface area is 99.8 Å². The van der Waals surface area contributed by atoms with Crippen LogP contribution in [0.1, 0.15) is 40.5 Å². The smallest absolute Gasteiger partial charge is 0.222 e. The van der Waals surface area contributed by atoms with E-state index in [4.69, 9.17) is 0 Å². The van der Waals surface area contributed by atoms with Crippen molar-refractivity contribution in [2.24, 2.45) is 5.41 Å². The summed E-state index contributed by atoms with van der Waals surface area (Å²) < 4.78 is 0. The minimum absolute atomic E-state index is 0.303. The average molecular weight is 226 g/mol. The molecule has 1 amide bonds. The van der Waals surface area contributed by atoms with Crippen LogP contribution in [0.2, 0.25) is 0 Å². The first-order valence-electron chi connectivity index (χ1n) is 6.42. The molecule has 1 aliphatic heterocycles. The van der Waals surface area contributed by atoms with E-state index >= 15 is 0 Å². The summed E-state index contributed by atoms with van der Waals surface area (Å²) in [5.41, 5.74) is 0.351. The molecule has 0 N–H and O–H groups in total. The summed E-state index contributed by atoms with van der Waals surface area (Å²) in [6.07, 6.45) is 1.75. The highest BCUT2D eigenvalue weighted by atomic mass is 16.2. The molecule has 16 heavy (non-hydrogen) atoms. The Morgan fingerprint density at radius 2 is 1.81 bits per heavy atom. The van der Waals surface area contributed by atoms with Gasteiger partial charge in [0.2, 0.25) is 5.91 Å². The van der Waals surface area contributed by atoms with Crippen LogP contribution in [-0.2, 0) is 4.79 Å². The average Bonchev–Trinajstić information content (AvgIpc) is 2.40. The highest BCUT2D eigenvalue weighted by molar-refractivity contribution is 5.75. The van der Waals surface area contributed by atoms with Crippen molar-refractivity contribution in [1.82, 2.24) is 9.80 Å². The molecule has 0 aromatic heterocycles. The quantitative estimate of drug-likeness (QED) is 0.719. The second-order valence-corrected chi connectivity index (χ2v) is 5.92. The van der Waals surface area contributed by atoms with Gasteiger partial charge >= 0.3 is 0 Å². The lowest BCUT2D eigenvalue weighted by Gasteiger charge is -2.28. The summed E-state index contributed by atoms with van der Waals surface area (Å²) in [6.45, 7) is 13.9. The van der Waals surface area contributed by atoms with E-state index in [-0.39, 0.29) is 0 Å². The van der Waals surface area contributed by atoms with Gasteiger partial charge in [-0.25, -0.2) is 0 Å². The molecule has 0 unspecified atom stereocenters. The molecule has 0 spiro atoms. The second-order valence-electron chi connectivity index (χ2n) is 5.92. The molecule has 0 aromatic rings. The fourth-order valence-electron chi connectivity index (χ4n) is 2.27. The molecule has 1 saturated heterocycles. The Morgan fingerprint density at radius 1 is 1.12 bits per heavy atom. The summed E-state index contributed by atoms with van der Waals surface area (Å²) in [4.78, 5) is 16.1. The zero-order valence-electron chi connectivity index (χ0n) is 11.3. The third-order valence-electron chi connectivity index (χ3n) is 2.94. The first-order valence-corrected chi connectivity index (χ1v) is 6.42. The molecule has 0 aliphatic carbocycles. The summed E-state index contributed by atoms with van der Waals surface area (Å²) in [6, 6.07) is 0. The van der Waals surface area contributed by atoms with E-state index in [9.17, 15) is 4.79 Å². The maximum Gasteiger partial charge on any atom is 0.222 e. The van der Waals surface area contributed by atoms with Crippen LogP contribution in [0.25, 0.3) is 0 Å². The summed E-state index contributed by atoms with van der Waals surface area (Å²) in [7, 11) is 0.